The Hall–Kier alpha value is -1.94. The molecule has 0 aliphatic heterocycles. The van der Waals surface area contributed by atoms with Crippen molar-refractivity contribution < 1.29 is 4.74 Å². The number of nitrogens with zero attached hydrogens (tertiary/aromatic N) is 1. The minimum absolute atomic E-state index is 0.300. The number of thiocarbonyl (C=S) groups is 1. The highest BCUT2D eigenvalue weighted by molar-refractivity contribution is 7.80. The van der Waals surface area contributed by atoms with Gasteiger partial charge in [-0.25, -0.2) is 0 Å². The van der Waals surface area contributed by atoms with Crippen molar-refractivity contribution in [2.45, 2.75) is 20.5 Å². The number of nitrogens with two attached hydrogens (primary N) is 1. The largest absolute Gasteiger partial charge is 0.489 e. The van der Waals surface area contributed by atoms with E-state index in [-0.39, 0.29) is 0 Å². The highest BCUT2D eigenvalue weighted by Crippen LogP contribution is 2.20. The van der Waals surface area contributed by atoms with E-state index < -0.39 is 0 Å². The molecule has 1 aromatic carbocycles. The molecule has 0 spiro atoms. The lowest BCUT2D eigenvalue weighted by atomic mass is 10.1. The molecule has 0 amide bonds. The normalized spacial score (nSPS) is 10.2. The molecule has 0 saturated heterocycles. The first-order valence-electron chi connectivity index (χ1n) is 6.01. The third-order valence-corrected chi connectivity index (χ3v) is 3.02. The summed E-state index contributed by atoms with van der Waals surface area (Å²) in [5, 5.41) is 0. The van der Waals surface area contributed by atoms with Gasteiger partial charge in [0.05, 0.1) is 5.69 Å². The number of aryl methyl sites for hydroxylation is 2. The summed E-state index contributed by atoms with van der Waals surface area (Å²) in [6, 6.07) is 9.91. The predicted octanol–water partition coefficient (Wildman–Crippen LogP) is 2.91. The molecule has 1 heterocycles. The van der Waals surface area contributed by atoms with Gasteiger partial charge in [0.25, 0.3) is 0 Å². The first-order valence-corrected chi connectivity index (χ1v) is 6.42. The first-order chi connectivity index (χ1) is 9.06. The van der Waals surface area contributed by atoms with E-state index in [1.165, 1.54) is 5.56 Å². The van der Waals surface area contributed by atoms with Crippen LogP contribution in [0.25, 0.3) is 0 Å². The van der Waals surface area contributed by atoms with Crippen molar-refractivity contribution in [1.82, 2.24) is 4.98 Å². The van der Waals surface area contributed by atoms with Crippen LogP contribution < -0.4 is 10.5 Å². The quantitative estimate of drug-likeness (QED) is 0.869. The van der Waals surface area contributed by atoms with E-state index in [0.717, 1.165) is 16.9 Å². The van der Waals surface area contributed by atoms with E-state index in [0.29, 0.717) is 17.3 Å². The first kappa shape index (κ1) is 13.5. The molecule has 98 valence electrons. The highest BCUT2D eigenvalue weighted by atomic mass is 32.1. The van der Waals surface area contributed by atoms with E-state index in [4.69, 9.17) is 22.7 Å². The average Bonchev–Trinajstić information content (AvgIpc) is 2.40. The molecule has 0 bridgehead atoms. The molecule has 0 radical (unpaired) electrons. The van der Waals surface area contributed by atoms with Crippen molar-refractivity contribution in [2.24, 2.45) is 5.73 Å². The molecule has 0 fully saturated rings. The van der Waals surface area contributed by atoms with Crippen molar-refractivity contribution in [3.63, 3.8) is 0 Å². The summed E-state index contributed by atoms with van der Waals surface area (Å²) < 4.78 is 5.83. The zero-order chi connectivity index (χ0) is 13.8. The number of aromatic nitrogens is 1. The van der Waals surface area contributed by atoms with Gasteiger partial charge in [-0.1, -0.05) is 24.4 Å². The maximum atomic E-state index is 5.83. The summed E-state index contributed by atoms with van der Waals surface area (Å²) in [7, 11) is 0. The van der Waals surface area contributed by atoms with Crippen LogP contribution in [0.15, 0.2) is 36.5 Å². The molecule has 19 heavy (non-hydrogen) atoms. The van der Waals surface area contributed by atoms with Gasteiger partial charge in [0.1, 0.15) is 17.3 Å². The summed E-state index contributed by atoms with van der Waals surface area (Å²) in [6.45, 7) is 4.55. The van der Waals surface area contributed by atoms with Crippen molar-refractivity contribution in [2.75, 3.05) is 0 Å². The van der Waals surface area contributed by atoms with Crippen molar-refractivity contribution >= 4 is 17.2 Å². The Morgan fingerprint density at radius 2 is 2.05 bits per heavy atom. The lowest BCUT2D eigenvalue weighted by Gasteiger charge is -2.10. The molecule has 0 atom stereocenters. The molecule has 2 aromatic rings. The smallest absolute Gasteiger partial charge is 0.122 e. The van der Waals surface area contributed by atoms with Crippen molar-refractivity contribution in [1.29, 1.82) is 0 Å². The highest BCUT2D eigenvalue weighted by Gasteiger charge is 2.03. The number of rotatable bonds is 4. The predicted molar refractivity (Wildman–Crippen MR) is 80.4 cm³/mol. The molecule has 0 aliphatic rings. The topological polar surface area (TPSA) is 48.1 Å². The van der Waals surface area contributed by atoms with Gasteiger partial charge in [-0.3, -0.25) is 4.98 Å². The van der Waals surface area contributed by atoms with Crippen LogP contribution in [0, 0.1) is 13.8 Å². The fourth-order valence-electron chi connectivity index (χ4n) is 1.72. The lowest BCUT2D eigenvalue weighted by molar-refractivity contribution is 0.304. The van der Waals surface area contributed by atoms with E-state index >= 15 is 0 Å². The number of pyridine rings is 1. The van der Waals surface area contributed by atoms with E-state index in [1.807, 2.05) is 32.0 Å². The monoisotopic (exact) mass is 272 g/mol. The molecule has 3 nitrogen and oxygen atoms in total. The molecule has 0 aliphatic carbocycles. The van der Waals surface area contributed by atoms with Crippen molar-refractivity contribution in [3.8, 4) is 5.75 Å². The molecule has 2 rings (SSSR count). The number of ether oxygens (including phenoxy) is 1. The Morgan fingerprint density at radius 1 is 1.26 bits per heavy atom. The Bertz CT molecular complexity index is 611. The third-order valence-electron chi connectivity index (χ3n) is 2.81. The van der Waals surface area contributed by atoms with Gasteiger partial charge >= 0.3 is 0 Å². The van der Waals surface area contributed by atoms with Crippen LogP contribution in [0.2, 0.25) is 0 Å². The molecule has 0 saturated carbocycles. The van der Waals surface area contributed by atoms with Crippen LogP contribution in [-0.4, -0.2) is 9.97 Å². The second kappa shape index (κ2) is 5.80. The van der Waals surface area contributed by atoms with Gasteiger partial charge in [0.15, 0.2) is 0 Å². The average molecular weight is 272 g/mol. The number of hydrogen-bond acceptors (Lipinski definition) is 3. The number of hydrogen-bond donors (Lipinski definition) is 1. The Balaban J connectivity index is 2.12. The molecule has 1 aromatic heterocycles. The maximum absolute atomic E-state index is 5.83. The molecule has 2 N–H and O–H groups in total. The van der Waals surface area contributed by atoms with Gasteiger partial charge in [-0.05, 0) is 48.7 Å². The summed E-state index contributed by atoms with van der Waals surface area (Å²) in [5.41, 5.74) is 9.48. The zero-order valence-electron chi connectivity index (χ0n) is 11.0. The molecule has 4 heteroatoms. The Labute approximate surface area is 118 Å². The summed E-state index contributed by atoms with van der Waals surface area (Å²) in [6.07, 6.45) is 1.69. The summed E-state index contributed by atoms with van der Waals surface area (Å²) >= 11 is 4.91. The van der Waals surface area contributed by atoms with Crippen LogP contribution in [-0.2, 0) is 6.61 Å². The van der Waals surface area contributed by atoms with Gasteiger partial charge in [0, 0.05) is 6.20 Å². The Morgan fingerprint density at radius 3 is 2.79 bits per heavy atom. The fraction of sp³-hybridized carbons (Fsp3) is 0.200. The standard InChI is InChI=1S/C15H16N2OS/c1-10-3-4-11(2)14(7-10)18-9-12-5-6-17-13(8-12)15(16)19/h3-8H,9H2,1-2H3,(H2,16,19). The van der Waals surface area contributed by atoms with Crippen LogP contribution in [0.5, 0.6) is 5.75 Å². The van der Waals surface area contributed by atoms with Crippen LogP contribution in [0.4, 0.5) is 0 Å². The molecular formula is C15H16N2OS. The minimum atomic E-state index is 0.300. The van der Waals surface area contributed by atoms with Gasteiger partial charge in [-0.2, -0.15) is 0 Å². The van der Waals surface area contributed by atoms with E-state index in [9.17, 15) is 0 Å². The van der Waals surface area contributed by atoms with Crippen LogP contribution in [0.3, 0.4) is 0 Å². The van der Waals surface area contributed by atoms with Crippen LogP contribution >= 0.6 is 12.2 Å². The fourth-order valence-corrected chi connectivity index (χ4v) is 1.83. The van der Waals surface area contributed by atoms with Gasteiger partial charge < -0.3 is 10.5 Å². The van der Waals surface area contributed by atoms with Gasteiger partial charge in [0.2, 0.25) is 0 Å². The second-order valence-electron chi connectivity index (χ2n) is 4.47. The Kier molecular flexibility index (Phi) is 4.12. The van der Waals surface area contributed by atoms with Gasteiger partial charge in [-0.15, -0.1) is 0 Å². The summed E-state index contributed by atoms with van der Waals surface area (Å²) in [4.78, 5) is 4.40. The molecular weight excluding hydrogens is 256 g/mol. The van der Waals surface area contributed by atoms with Crippen molar-refractivity contribution in [3.05, 3.63) is 58.9 Å². The van der Waals surface area contributed by atoms with E-state index in [2.05, 4.69) is 17.1 Å². The van der Waals surface area contributed by atoms with Crippen LogP contribution in [0.1, 0.15) is 22.4 Å². The molecule has 0 unspecified atom stereocenters. The lowest BCUT2D eigenvalue weighted by Crippen LogP contribution is -2.12. The minimum Gasteiger partial charge on any atom is -0.489 e. The maximum Gasteiger partial charge on any atom is 0.122 e. The van der Waals surface area contributed by atoms with E-state index in [1.54, 1.807) is 6.20 Å². The number of benzene rings is 1. The zero-order valence-corrected chi connectivity index (χ0v) is 11.8. The third kappa shape index (κ3) is 3.51. The summed E-state index contributed by atoms with van der Waals surface area (Å²) in [5.74, 6) is 0.897. The second-order valence-corrected chi connectivity index (χ2v) is 4.91. The SMILES string of the molecule is Cc1ccc(C)c(OCc2ccnc(C(N)=S)c2)c1.